The lowest BCUT2D eigenvalue weighted by atomic mass is 10.2. The number of benzene rings is 2. The largest absolute Gasteiger partial charge is 0.495 e. The number of halogens is 1. The highest BCUT2D eigenvalue weighted by atomic mass is 35.5. The lowest BCUT2D eigenvalue weighted by Gasteiger charge is -2.13. The maximum Gasteiger partial charge on any atom is 0.241 e. The summed E-state index contributed by atoms with van der Waals surface area (Å²) in [5, 5.41) is 3.12. The molecule has 6 nitrogen and oxygen atoms in total. The lowest BCUT2D eigenvalue weighted by molar-refractivity contribution is -0.115. The minimum atomic E-state index is -3.76. The molecule has 2 rings (SSSR count). The summed E-state index contributed by atoms with van der Waals surface area (Å²) in [5.74, 6) is -0.123. The van der Waals surface area contributed by atoms with Gasteiger partial charge in [-0.15, -0.1) is 0 Å². The monoisotopic (exact) mass is 382 g/mol. The summed E-state index contributed by atoms with van der Waals surface area (Å²) in [6, 6.07) is 9.69. The highest BCUT2D eigenvalue weighted by Gasteiger charge is 2.16. The fraction of sp³-hybridized carbons (Fsp3) is 0.235. The molecule has 0 saturated carbocycles. The minimum absolute atomic E-state index is 0.111. The van der Waals surface area contributed by atoms with Crippen molar-refractivity contribution in [1.82, 2.24) is 4.72 Å². The Morgan fingerprint density at radius 3 is 2.56 bits per heavy atom. The first-order valence-corrected chi connectivity index (χ1v) is 9.29. The fourth-order valence-corrected chi connectivity index (χ4v) is 3.39. The Hall–Kier alpha value is -2.09. The van der Waals surface area contributed by atoms with Crippen LogP contribution >= 0.6 is 11.6 Å². The summed E-state index contributed by atoms with van der Waals surface area (Å²) >= 11 is 6.02. The second kappa shape index (κ2) is 7.86. The third-order valence-electron chi connectivity index (χ3n) is 3.48. The summed E-state index contributed by atoms with van der Waals surface area (Å²) in [5.41, 5.74) is 2.00. The van der Waals surface area contributed by atoms with Crippen molar-refractivity contribution >= 4 is 33.2 Å². The van der Waals surface area contributed by atoms with Gasteiger partial charge in [-0.2, -0.15) is 0 Å². The molecule has 0 aliphatic rings. The number of hydrogen-bond acceptors (Lipinski definition) is 4. The molecule has 0 aliphatic carbocycles. The van der Waals surface area contributed by atoms with E-state index in [2.05, 4.69) is 10.0 Å². The van der Waals surface area contributed by atoms with E-state index in [1.807, 2.05) is 0 Å². The van der Waals surface area contributed by atoms with Crippen molar-refractivity contribution in [2.24, 2.45) is 0 Å². The number of carbonyl (C=O) groups is 1. The SMILES string of the molecule is COc1cc(Cl)c(C)cc1NC(=O)CNS(=O)(=O)c1cccc(C)c1. The van der Waals surface area contributed by atoms with Crippen LogP contribution in [0.1, 0.15) is 11.1 Å². The van der Waals surface area contributed by atoms with Gasteiger partial charge in [0.15, 0.2) is 0 Å². The van der Waals surface area contributed by atoms with E-state index < -0.39 is 22.5 Å². The summed E-state index contributed by atoms with van der Waals surface area (Å²) in [6.07, 6.45) is 0. The van der Waals surface area contributed by atoms with E-state index in [1.54, 1.807) is 38.1 Å². The third kappa shape index (κ3) is 4.94. The summed E-state index contributed by atoms with van der Waals surface area (Å²) in [6.45, 7) is 3.18. The first kappa shape index (κ1) is 19.2. The van der Waals surface area contributed by atoms with E-state index >= 15 is 0 Å². The van der Waals surface area contributed by atoms with Crippen LogP contribution in [-0.2, 0) is 14.8 Å². The molecule has 0 saturated heterocycles. The Kier molecular flexibility index (Phi) is 6.05. The standard InChI is InChI=1S/C17H19ClN2O4S/c1-11-5-4-6-13(7-11)25(22,23)19-10-17(21)20-15-8-12(2)14(18)9-16(15)24-3/h4-9,19H,10H2,1-3H3,(H,20,21). The van der Waals surface area contributed by atoms with Crippen molar-refractivity contribution in [1.29, 1.82) is 0 Å². The molecule has 0 heterocycles. The fourth-order valence-electron chi connectivity index (χ4n) is 2.15. The molecule has 2 N–H and O–H groups in total. The molecule has 2 aromatic rings. The van der Waals surface area contributed by atoms with Gasteiger partial charge in [-0.05, 0) is 43.2 Å². The smallest absolute Gasteiger partial charge is 0.241 e. The molecule has 0 bridgehead atoms. The van der Waals surface area contributed by atoms with Crippen LogP contribution in [0.15, 0.2) is 41.3 Å². The number of amides is 1. The number of aryl methyl sites for hydroxylation is 2. The van der Waals surface area contributed by atoms with Crippen LogP contribution in [0, 0.1) is 13.8 Å². The van der Waals surface area contributed by atoms with Crippen molar-refractivity contribution in [3.8, 4) is 5.75 Å². The van der Waals surface area contributed by atoms with E-state index in [-0.39, 0.29) is 4.90 Å². The Balaban J connectivity index is 2.07. The molecule has 0 unspecified atom stereocenters. The topological polar surface area (TPSA) is 84.5 Å². The molecule has 1 amide bonds. The first-order chi connectivity index (χ1) is 11.7. The van der Waals surface area contributed by atoms with Crippen LogP contribution in [0.2, 0.25) is 5.02 Å². The summed E-state index contributed by atoms with van der Waals surface area (Å²) in [4.78, 5) is 12.2. The van der Waals surface area contributed by atoms with Crippen LogP contribution in [0.25, 0.3) is 0 Å². The van der Waals surface area contributed by atoms with E-state index in [0.717, 1.165) is 11.1 Å². The first-order valence-electron chi connectivity index (χ1n) is 7.43. The molecule has 0 radical (unpaired) electrons. The molecule has 0 aliphatic heterocycles. The Morgan fingerprint density at radius 1 is 1.20 bits per heavy atom. The highest BCUT2D eigenvalue weighted by Crippen LogP contribution is 2.30. The van der Waals surface area contributed by atoms with Gasteiger partial charge in [0.2, 0.25) is 15.9 Å². The van der Waals surface area contributed by atoms with E-state index in [1.165, 1.54) is 19.2 Å². The predicted molar refractivity (Wildman–Crippen MR) is 97.7 cm³/mol. The number of sulfonamides is 1. The summed E-state index contributed by atoms with van der Waals surface area (Å²) in [7, 11) is -2.31. The quantitative estimate of drug-likeness (QED) is 0.804. The average molecular weight is 383 g/mol. The van der Waals surface area contributed by atoms with Crippen LogP contribution < -0.4 is 14.8 Å². The maximum absolute atomic E-state index is 12.2. The van der Waals surface area contributed by atoms with Gasteiger partial charge in [0.05, 0.1) is 24.2 Å². The number of carbonyl (C=O) groups excluding carboxylic acids is 1. The van der Waals surface area contributed by atoms with Crippen molar-refractivity contribution in [3.05, 3.63) is 52.5 Å². The predicted octanol–water partition coefficient (Wildman–Crippen LogP) is 2.88. The summed E-state index contributed by atoms with van der Waals surface area (Å²) < 4.78 is 31.9. The zero-order chi connectivity index (χ0) is 18.6. The van der Waals surface area contributed by atoms with Gasteiger partial charge < -0.3 is 10.1 Å². The number of nitrogens with one attached hydrogen (secondary N) is 2. The number of hydrogen-bond donors (Lipinski definition) is 2. The van der Waals surface area contributed by atoms with Gasteiger partial charge in [-0.3, -0.25) is 4.79 Å². The molecule has 0 aromatic heterocycles. The Labute approximate surface area is 152 Å². The van der Waals surface area contributed by atoms with Gasteiger partial charge in [0, 0.05) is 11.1 Å². The molecule has 0 atom stereocenters. The van der Waals surface area contributed by atoms with Crippen LogP contribution in [-0.4, -0.2) is 28.0 Å². The number of ether oxygens (including phenoxy) is 1. The molecular weight excluding hydrogens is 364 g/mol. The van der Waals surface area contributed by atoms with Gasteiger partial charge >= 0.3 is 0 Å². The van der Waals surface area contributed by atoms with E-state index in [9.17, 15) is 13.2 Å². The minimum Gasteiger partial charge on any atom is -0.495 e. The lowest BCUT2D eigenvalue weighted by Crippen LogP contribution is -2.33. The van der Waals surface area contributed by atoms with Gasteiger partial charge in [0.25, 0.3) is 0 Å². The Morgan fingerprint density at radius 2 is 1.92 bits per heavy atom. The zero-order valence-corrected chi connectivity index (χ0v) is 15.7. The molecule has 8 heteroatoms. The number of anilines is 1. The van der Waals surface area contributed by atoms with Crippen molar-refractivity contribution < 1.29 is 17.9 Å². The average Bonchev–Trinajstić information content (AvgIpc) is 2.56. The van der Waals surface area contributed by atoms with Crippen molar-refractivity contribution in [3.63, 3.8) is 0 Å². The second-order valence-electron chi connectivity index (χ2n) is 5.49. The van der Waals surface area contributed by atoms with Crippen LogP contribution in [0.3, 0.4) is 0 Å². The van der Waals surface area contributed by atoms with Gasteiger partial charge in [-0.25, -0.2) is 13.1 Å². The molecule has 0 fully saturated rings. The maximum atomic E-state index is 12.2. The number of methoxy groups -OCH3 is 1. The number of rotatable bonds is 6. The molecule has 2 aromatic carbocycles. The van der Waals surface area contributed by atoms with E-state index in [4.69, 9.17) is 16.3 Å². The Bertz CT molecular complexity index is 898. The van der Waals surface area contributed by atoms with Gasteiger partial charge in [-0.1, -0.05) is 23.7 Å². The van der Waals surface area contributed by atoms with Crippen molar-refractivity contribution in [2.75, 3.05) is 19.0 Å². The van der Waals surface area contributed by atoms with Crippen LogP contribution in [0.4, 0.5) is 5.69 Å². The molecule has 25 heavy (non-hydrogen) atoms. The van der Waals surface area contributed by atoms with Crippen molar-refractivity contribution in [2.45, 2.75) is 18.7 Å². The molecule has 134 valence electrons. The zero-order valence-electron chi connectivity index (χ0n) is 14.1. The second-order valence-corrected chi connectivity index (χ2v) is 7.67. The van der Waals surface area contributed by atoms with E-state index in [0.29, 0.717) is 16.5 Å². The third-order valence-corrected chi connectivity index (χ3v) is 5.28. The molecular formula is C17H19ClN2O4S. The molecule has 0 spiro atoms. The highest BCUT2D eigenvalue weighted by molar-refractivity contribution is 7.89. The van der Waals surface area contributed by atoms with Gasteiger partial charge in [0.1, 0.15) is 5.75 Å². The van der Waals surface area contributed by atoms with Crippen LogP contribution in [0.5, 0.6) is 5.75 Å². The normalized spacial score (nSPS) is 11.2.